The molecule has 0 unspecified atom stereocenters. The number of para-hydroxylation sites is 2. The number of hydrogen-bond donors (Lipinski definition) is 0. The van der Waals surface area contributed by atoms with Gasteiger partial charge in [0, 0.05) is 68.8 Å². The molecule has 7 heteroatoms. The average Bonchev–Trinajstić information content (AvgIpc) is 3.34. The van der Waals surface area contributed by atoms with Crippen molar-refractivity contribution in [1.29, 1.82) is 0 Å². The van der Waals surface area contributed by atoms with Crippen molar-refractivity contribution in [2.45, 2.75) is 0 Å². The summed E-state index contributed by atoms with van der Waals surface area (Å²) in [7, 11) is -3.56. The zero-order valence-corrected chi connectivity index (χ0v) is 28.7. The van der Waals surface area contributed by atoms with Gasteiger partial charge in [-0.1, -0.05) is 121 Å². The lowest BCUT2D eigenvalue weighted by Crippen LogP contribution is -2.78. The topological polar surface area (TPSA) is 58.0 Å². The second-order valence-electron chi connectivity index (χ2n) is 12.4. The van der Waals surface area contributed by atoms with E-state index < -0.39 is 8.40 Å². The van der Waals surface area contributed by atoms with Crippen LogP contribution in [0.15, 0.2) is 195 Å². The Bertz CT molecular complexity index is 2270. The van der Waals surface area contributed by atoms with E-state index in [9.17, 15) is 0 Å². The Morgan fingerprint density at radius 3 is 1.24 bits per heavy atom. The van der Waals surface area contributed by atoms with Crippen molar-refractivity contribution in [2.24, 2.45) is 0 Å². The molecule has 0 spiro atoms. The number of benzene rings is 4. The first-order valence-corrected chi connectivity index (χ1v) is 18.9. The lowest BCUT2D eigenvalue weighted by Gasteiger charge is -2.48. The molecule has 0 radical (unpaired) electrons. The molecule has 1 aliphatic heterocycles. The minimum atomic E-state index is -3.56. The first-order chi connectivity index (χ1) is 25.3. The molecule has 51 heavy (non-hydrogen) atoms. The molecule has 242 valence electrons. The van der Waals surface area contributed by atoms with E-state index >= 15 is 0 Å². The van der Waals surface area contributed by atoms with Gasteiger partial charge in [-0.25, -0.2) is 9.97 Å². The number of hydrogen-bond acceptors (Lipinski definition) is 6. The maximum atomic E-state index is 5.48. The number of rotatable bonds is 6. The van der Waals surface area contributed by atoms with Gasteiger partial charge in [-0.05, 0) is 48.5 Å². The maximum Gasteiger partial charge on any atom is 0.345 e. The van der Waals surface area contributed by atoms with Crippen molar-refractivity contribution in [1.82, 2.24) is 19.9 Å². The summed E-state index contributed by atoms with van der Waals surface area (Å²) in [4.78, 5) is 20.5. The molecule has 9 rings (SSSR count). The van der Waals surface area contributed by atoms with Crippen LogP contribution in [0.4, 0.5) is 23.0 Å². The Balaban J connectivity index is 1.45. The fourth-order valence-corrected chi connectivity index (χ4v) is 12.0. The minimum absolute atomic E-state index is 0.820. The van der Waals surface area contributed by atoms with Crippen LogP contribution in [0, 0.1) is 0 Å². The van der Waals surface area contributed by atoms with E-state index in [4.69, 9.17) is 19.9 Å². The van der Waals surface area contributed by atoms with Gasteiger partial charge in [-0.15, -0.1) is 0 Å². The maximum absolute atomic E-state index is 5.48. The van der Waals surface area contributed by atoms with E-state index in [1.165, 1.54) is 0 Å². The quantitative estimate of drug-likeness (QED) is 0.165. The van der Waals surface area contributed by atoms with Crippen LogP contribution in [0.25, 0.3) is 33.6 Å². The number of aromatic nitrogens is 4. The third-order valence-electron chi connectivity index (χ3n) is 9.42. The van der Waals surface area contributed by atoms with Gasteiger partial charge in [0.15, 0.2) is 0 Å². The molecule has 5 heterocycles. The Morgan fingerprint density at radius 1 is 0.373 bits per heavy atom. The van der Waals surface area contributed by atoms with Crippen molar-refractivity contribution in [3.63, 3.8) is 0 Å². The van der Waals surface area contributed by atoms with Gasteiger partial charge in [0.2, 0.25) is 0 Å². The highest BCUT2D eigenvalue weighted by Gasteiger charge is 2.56. The highest BCUT2D eigenvalue weighted by Crippen LogP contribution is 2.49. The fourth-order valence-electron chi connectivity index (χ4n) is 7.28. The molecule has 0 atom stereocenters. The summed E-state index contributed by atoms with van der Waals surface area (Å²) >= 11 is 0. The molecule has 0 saturated carbocycles. The Labute approximate surface area is 298 Å². The summed E-state index contributed by atoms with van der Waals surface area (Å²) in [5, 5.41) is 2.12. The van der Waals surface area contributed by atoms with Crippen LogP contribution in [-0.2, 0) is 0 Å². The zero-order chi connectivity index (χ0) is 34.0. The van der Waals surface area contributed by atoms with E-state index in [-0.39, 0.29) is 0 Å². The molecule has 0 bridgehead atoms. The van der Waals surface area contributed by atoms with Crippen molar-refractivity contribution in [3.8, 4) is 33.6 Å². The van der Waals surface area contributed by atoms with Crippen LogP contribution in [0.5, 0.6) is 0 Å². The van der Waals surface area contributed by atoms with Gasteiger partial charge in [0.05, 0.1) is 11.4 Å². The Morgan fingerprint density at radius 2 is 0.804 bits per heavy atom. The summed E-state index contributed by atoms with van der Waals surface area (Å²) in [6.07, 6.45) is 7.70. The van der Waals surface area contributed by atoms with Crippen LogP contribution in [0.1, 0.15) is 0 Å². The molecule has 0 N–H and O–H groups in total. The first kappa shape index (κ1) is 30.4. The van der Waals surface area contributed by atoms with Crippen LogP contribution < -0.4 is 19.5 Å². The van der Waals surface area contributed by atoms with Gasteiger partial charge in [-0.2, -0.15) is 0 Å². The third kappa shape index (κ3) is 5.19. The fraction of sp³-hybridized carbons (Fsp3) is 0. The van der Waals surface area contributed by atoms with Crippen LogP contribution in [0.3, 0.4) is 0 Å². The van der Waals surface area contributed by atoms with Crippen LogP contribution >= 0.6 is 0 Å². The second kappa shape index (κ2) is 13.0. The van der Waals surface area contributed by atoms with E-state index in [1.807, 2.05) is 49.1 Å². The summed E-state index contributed by atoms with van der Waals surface area (Å²) in [6.45, 7) is 0. The largest absolute Gasteiger partial charge is 0.345 e. The smallest absolute Gasteiger partial charge is 0.327 e. The molecule has 4 aromatic carbocycles. The molecule has 0 saturated heterocycles. The predicted molar refractivity (Wildman–Crippen MR) is 209 cm³/mol. The van der Waals surface area contributed by atoms with Gasteiger partial charge in [0.25, 0.3) is 0 Å². The SMILES string of the molecule is c1ccc(-c2cccc(N3c4ccccc4-c4ccccc4N(c4cccc(-c5ccccc5)n4)[Si]3(c3cccnc3)c3cccnc3)n2)cc1. The summed E-state index contributed by atoms with van der Waals surface area (Å²) in [5.74, 6) is 1.64. The highest BCUT2D eigenvalue weighted by atomic mass is 28.3. The Hall–Kier alpha value is -6.70. The normalized spacial score (nSPS) is 13.2. The lowest BCUT2D eigenvalue weighted by atomic mass is 10.0. The molecule has 0 amide bonds. The molecular formula is C44H32N6Si. The monoisotopic (exact) mass is 672 g/mol. The van der Waals surface area contributed by atoms with Gasteiger partial charge in [0.1, 0.15) is 11.6 Å². The number of anilines is 4. The molecule has 8 aromatic rings. The first-order valence-electron chi connectivity index (χ1n) is 17.0. The molecular weight excluding hydrogens is 641 g/mol. The minimum Gasteiger partial charge on any atom is -0.327 e. The third-order valence-corrected chi connectivity index (χ3v) is 13.9. The van der Waals surface area contributed by atoms with E-state index in [0.717, 1.165) is 67.0 Å². The summed E-state index contributed by atoms with van der Waals surface area (Å²) in [5.41, 5.74) is 8.18. The second-order valence-corrected chi connectivity index (χ2v) is 15.7. The van der Waals surface area contributed by atoms with Gasteiger partial charge < -0.3 is 9.13 Å². The predicted octanol–water partition coefficient (Wildman–Crippen LogP) is 8.81. The number of fused-ring (bicyclic) bond motifs is 3. The van der Waals surface area contributed by atoms with Crippen molar-refractivity contribution in [3.05, 3.63) is 195 Å². The highest BCUT2D eigenvalue weighted by molar-refractivity contribution is 7.08. The van der Waals surface area contributed by atoms with Crippen molar-refractivity contribution < 1.29 is 0 Å². The molecule has 0 aliphatic carbocycles. The molecule has 0 fully saturated rings. The molecule has 4 aromatic heterocycles. The average molecular weight is 673 g/mol. The van der Waals surface area contributed by atoms with E-state index in [0.29, 0.717) is 0 Å². The van der Waals surface area contributed by atoms with Crippen LogP contribution in [0.2, 0.25) is 0 Å². The van der Waals surface area contributed by atoms with Crippen LogP contribution in [-0.4, -0.2) is 28.3 Å². The Kier molecular flexibility index (Phi) is 7.72. The summed E-state index contributed by atoms with van der Waals surface area (Å²) in [6, 6.07) is 59.1. The van der Waals surface area contributed by atoms with Gasteiger partial charge >= 0.3 is 8.40 Å². The zero-order valence-electron chi connectivity index (χ0n) is 27.7. The van der Waals surface area contributed by atoms with E-state index in [1.54, 1.807) is 0 Å². The van der Waals surface area contributed by atoms with Crippen molar-refractivity contribution >= 4 is 41.8 Å². The number of pyridine rings is 4. The lowest BCUT2D eigenvalue weighted by molar-refractivity contribution is 1.16. The van der Waals surface area contributed by atoms with Gasteiger partial charge in [-0.3, -0.25) is 9.97 Å². The molecule has 6 nitrogen and oxygen atoms in total. The van der Waals surface area contributed by atoms with E-state index in [2.05, 4.69) is 155 Å². The summed E-state index contributed by atoms with van der Waals surface area (Å²) < 4.78 is 4.97. The standard InChI is InChI=1S/C44H32N6Si/c1-3-15-33(16-4-1)39-23-11-27-43(47-39)49-41-25-9-7-21-37(41)38-22-8-10-26-42(38)50(44-28-12-24-40(48-44)34-17-5-2-6-18-34)51(49,35-19-13-29-45-31-35)36-20-14-30-46-32-36/h1-32H. The number of nitrogens with zero attached hydrogens (tertiary/aromatic N) is 6. The van der Waals surface area contributed by atoms with Crippen molar-refractivity contribution in [2.75, 3.05) is 9.13 Å². The molecule has 1 aliphatic rings.